The van der Waals surface area contributed by atoms with Gasteiger partial charge < -0.3 is 15.6 Å². The van der Waals surface area contributed by atoms with Crippen LogP contribution in [0.5, 0.6) is 5.75 Å². The molecule has 0 heterocycles. The number of hydrogen-bond acceptors (Lipinski definition) is 3. The van der Waals surface area contributed by atoms with Gasteiger partial charge in [0.1, 0.15) is 11.9 Å². The second-order valence-electron chi connectivity index (χ2n) is 4.59. The third-order valence-corrected chi connectivity index (χ3v) is 3.51. The molecule has 0 aliphatic heterocycles. The van der Waals surface area contributed by atoms with Crippen LogP contribution in [0, 0.1) is 0 Å². The molecule has 3 nitrogen and oxygen atoms in total. The Morgan fingerprint density at radius 3 is 2.55 bits per heavy atom. The monoisotopic (exact) mass is 335 g/mol. The lowest BCUT2D eigenvalue weighted by Gasteiger charge is -2.15. The molecule has 0 radical (unpaired) electrons. The van der Waals surface area contributed by atoms with E-state index in [4.69, 9.17) is 10.5 Å². The lowest BCUT2D eigenvalue weighted by Crippen LogP contribution is -2.04. The average molecular weight is 336 g/mol. The minimum absolute atomic E-state index is 0.576. The molecule has 3 N–H and O–H groups in total. The van der Waals surface area contributed by atoms with Crippen LogP contribution in [-0.4, -0.2) is 11.7 Å². The molecule has 1 atom stereocenters. The molecule has 0 saturated carbocycles. The normalized spacial score (nSPS) is 12.2. The topological polar surface area (TPSA) is 55.5 Å². The summed E-state index contributed by atoms with van der Waals surface area (Å²) in [6, 6.07) is 12.9. The smallest absolute Gasteiger partial charge is 0.119 e. The third kappa shape index (κ3) is 3.52. The molecule has 2 aromatic carbocycles. The maximum absolute atomic E-state index is 10.4. The Morgan fingerprint density at radius 1 is 1.20 bits per heavy atom. The minimum atomic E-state index is -0.743. The first-order valence-electron chi connectivity index (χ1n) is 6.57. The van der Waals surface area contributed by atoms with E-state index in [1.54, 1.807) is 6.07 Å². The third-order valence-electron chi connectivity index (χ3n) is 3.01. The van der Waals surface area contributed by atoms with Crippen LogP contribution in [0.2, 0.25) is 0 Å². The first-order chi connectivity index (χ1) is 9.61. The first-order valence-corrected chi connectivity index (χ1v) is 7.37. The van der Waals surface area contributed by atoms with Crippen molar-refractivity contribution in [3.63, 3.8) is 0 Å². The number of aliphatic hydroxyl groups is 1. The van der Waals surface area contributed by atoms with E-state index in [0.717, 1.165) is 22.2 Å². The molecule has 0 amide bonds. The Labute approximate surface area is 127 Å². The highest BCUT2D eigenvalue weighted by Crippen LogP contribution is 2.30. The number of anilines is 1. The first kappa shape index (κ1) is 14.9. The van der Waals surface area contributed by atoms with E-state index in [0.29, 0.717) is 17.9 Å². The van der Waals surface area contributed by atoms with Crippen LogP contribution in [0.3, 0.4) is 0 Å². The van der Waals surface area contributed by atoms with Crippen LogP contribution in [-0.2, 0) is 0 Å². The van der Waals surface area contributed by atoms with Gasteiger partial charge >= 0.3 is 0 Å². The van der Waals surface area contributed by atoms with Crippen LogP contribution in [0.15, 0.2) is 46.9 Å². The van der Waals surface area contributed by atoms with Gasteiger partial charge in [0.2, 0.25) is 0 Å². The molecule has 20 heavy (non-hydrogen) atoms. The summed E-state index contributed by atoms with van der Waals surface area (Å²) in [5.74, 6) is 0.810. The summed E-state index contributed by atoms with van der Waals surface area (Å²) in [5, 5.41) is 10.4. The molecule has 0 fully saturated rings. The number of hydrogen-bond donors (Lipinski definition) is 2. The molecule has 0 aliphatic rings. The Kier molecular flexibility index (Phi) is 5.04. The van der Waals surface area contributed by atoms with Crippen molar-refractivity contribution in [2.75, 3.05) is 12.3 Å². The summed E-state index contributed by atoms with van der Waals surface area (Å²) in [6.07, 6.45) is 0.228. The highest BCUT2D eigenvalue weighted by molar-refractivity contribution is 9.10. The Hall–Kier alpha value is -1.52. The molecule has 106 valence electrons. The quantitative estimate of drug-likeness (QED) is 0.814. The Bertz CT molecular complexity index is 569. The lowest BCUT2D eigenvalue weighted by atomic mass is 10.00. The number of rotatable bonds is 5. The summed E-state index contributed by atoms with van der Waals surface area (Å²) in [4.78, 5) is 0. The van der Waals surface area contributed by atoms with Crippen molar-refractivity contribution in [2.24, 2.45) is 0 Å². The van der Waals surface area contributed by atoms with Crippen LogP contribution < -0.4 is 10.5 Å². The second kappa shape index (κ2) is 6.77. The summed E-state index contributed by atoms with van der Waals surface area (Å²) in [6.45, 7) is 2.76. The molecule has 2 aromatic rings. The standard InChI is InChI=1S/C16H18BrNO2/c1-2-9-20-13-6-3-11(4-7-13)16(19)14-10-12(17)5-8-15(14)18/h3-8,10,16,19H,2,9,18H2,1H3. The van der Waals surface area contributed by atoms with Gasteiger partial charge in [0.05, 0.1) is 6.61 Å². The Balaban J connectivity index is 2.20. The molecule has 1 unspecified atom stereocenters. The van der Waals surface area contributed by atoms with Crippen molar-refractivity contribution >= 4 is 21.6 Å². The predicted molar refractivity (Wildman–Crippen MR) is 84.8 cm³/mol. The van der Waals surface area contributed by atoms with Gasteiger partial charge in [-0.2, -0.15) is 0 Å². The van der Waals surface area contributed by atoms with E-state index in [1.165, 1.54) is 0 Å². The second-order valence-corrected chi connectivity index (χ2v) is 5.51. The van der Waals surface area contributed by atoms with Gasteiger partial charge in [-0.25, -0.2) is 0 Å². The summed E-state index contributed by atoms with van der Waals surface area (Å²) >= 11 is 3.39. The van der Waals surface area contributed by atoms with Gasteiger partial charge in [0.15, 0.2) is 0 Å². The zero-order valence-electron chi connectivity index (χ0n) is 11.3. The van der Waals surface area contributed by atoms with Crippen molar-refractivity contribution in [2.45, 2.75) is 19.4 Å². The van der Waals surface area contributed by atoms with Crippen molar-refractivity contribution in [3.8, 4) is 5.75 Å². The number of nitrogens with two attached hydrogens (primary N) is 1. The van der Waals surface area contributed by atoms with Crippen molar-refractivity contribution in [1.82, 2.24) is 0 Å². The number of halogens is 1. The molecule has 2 rings (SSSR count). The van der Waals surface area contributed by atoms with Crippen molar-refractivity contribution < 1.29 is 9.84 Å². The van der Waals surface area contributed by atoms with E-state index in [1.807, 2.05) is 36.4 Å². The average Bonchev–Trinajstić information content (AvgIpc) is 2.47. The molecule has 0 saturated heterocycles. The van der Waals surface area contributed by atoms with Gasteiger partial charge in [0, 0.05) is 15.7 Å². The SMILES string of the molecule is CCCOc1ccc(C(O)c2cc(Br)ccc2N)cc1. The number of nitrogen functional groups attached to an aromatic ring is 1. The van der Waals surface area contributed by atoms with Gasteiger partial charge in [-0.15, -0.1) is 0 Å². The minimum Gasteiger partial charge on any atom is -0.494 e. The number of benzene rings is 2. The maximum atomic E-state index is 10.4. The van der Waals surface area contributed by atoms with E-state index in [-0.39, 0.29) is 0 Å². The summed E-state index contributed by atoms with van der Waals surface area (Å²) in [7, 11) is 0. The number of aliphatic hydroxyl groups excluding tert-OH is 1. The highest BCUT2D eigenvalue weighted by atomic mass is 79.9. The van der Waals surface area contributed by atoms with Crippen molar-refractivity contribution in [1.29, 1.82) is 0 Å². The zero-order chi connectivity index (χ0) is 14.5. The molecule has 4 heteroatoms. The predicted octanol–water partition coefficient (Wildman–Crippen LogP) is 3.90. The molecular weight excluding hydrogens is 318 g/mol. The maximum Gasteiger partial charge on any atom is 0.119 e. The van der Waals surface area contributed by atoms with Crippen molar-refractivity contribution in [3.05, 3.63) is 58.1 Å². The zero-order valence-corrected chi connectivity index (χ0v) is 12.9. The van der Waals surface area contributed by atoms with E-state index in [9.17, 15) is 5.11 Å². The van der Waals surface area contributed by atoms with Gasteiger partial charge in [-0.05, 0) is 42.3 Å². The van der Waals surface area contributed by atoms with Crippen LogP contribution in [0.25, 0.3) is 0 Å². The summed E-state index contributed by atoms with van der Waals surface area (Å²) < 4.78 is 6.42. The van der Waals surface area contributed by atoms with Crippen LogP contribution in [0.4, 0.5) is 5.69 Å². The molecular formula is C16H18BrNO2. The molecule has 0 aromatic heterocycles. The molecule has 0 aliphatic carbocycles. The van der Waals surface area contributed by atoms with Gasteiger partial charge in [0.25, 0.3) is 0 Å². The Morgan fingerprint density at radius 2 is 1.90 bits per heavy atom. The lowest BCUT2D eigenvalue weighted by molar-refractivity contribution is 0.221. The van der Waals surface area contributed by atoms with Gasteiger partial charge in [-0.1, -0.05) is 35.0 Å². The van der Waals surface area contributed by atoms with E-state index < -0.39 is 6.10 Å². The fraction of sp³-hybridized carbons (Fsp3) is 0.250. The highest BCUT2D eigenvalue weighted by Gasteiger charge is 2.14. The van der Waals surface area contributed by atoms with E-state index >= 15 is 0 Å². The molecule has 0 spiro atoms. The van der Waals surface area contributed by atoms with Crippen LogP contribution >= 0.6 is 15.9 Å². The number of ether oxygens (including phenoxy) is 1. The van der Waals surface area contributed by atoms with E-state index in [2.05, 4.69) is 22.9 Å². The fourth-order valence-electron chi connectivity index (χ4n) is 1.93. The summed E-state index contributed by atoms with van der Waals surface area (Å²) in [5.41, 5.74) is 7.98. The molecule has 0 bridgehead atoms. The fourth-order valence-corrected chi connectivity index (χ4v) is 2.31. The largest absolute Gasteiger partial charge is 0.494 e. The van der Waals surface area contributed by atoms with Crippen LogP contribution in [0.1, 0.15) is 30.6 Å². The van der Waals surface area contributed by atoms with Gasteiger partial charge in [-0.3, -0.25) is 0 Å².